The van der Waals surface area contributed by atoms with Gasteiger partial charge in [-0.2, -0.15) is 8.42 Å². The first kappa shape index (κ1) is 13.3. The van der Waals surface area contributed by atoms with Crippen molar-refractivity contribution in [3.05, 3.63) is 23.8 Å². The van der Waals surface area contributed by atoms with Gasteiger partial charge >= 0.3 is 0 Å². The fraction of sp³-hybridized carbons (Fsp3) is 0.222. The molecule has 0 saturated heterocycles. The first-order valence-electron chi connectivity index (χ1n) is 4.55. The second-order valence-electron chi connectivity index (χ2n) is 3.25. The van der Waals surface area contributed by atoms with Crippen LogP contribution in [-0.4, -0.2) is 41.4 Å². The molecule has 0 aromatic heterocycles. The molecule has 7 nitrogen and oxygen atoms in total. The van der Waals surface area contributed by atoms with E-state index in [0.29, 0.717) is 0 Å². The summed E-state index contributed by atoms with van der Waals surface area (Å²) in [6.07, 6.45) is 0. The van der Waals surface area contributed by atoms with Crippen molar-refractivity contribution in [1.29, 1.82) is 0 Å². The summed E-state index contributed by atoms with van der Waals surface area (Å²) < 4.78 is 29.2. The zero-order valence-corrected chi connectivity index (χ0v) is 9.44. The molecule has 0 heterocycles. The maximum Gasteiger partial charge on any atom is 0.266 e. The Labute approximate surface area is 97.5 Å². The second kappa shape index (κ2) is 5.02. The molecule has 1 aromatic rings. The SMILES string of the molecule is O=C(NCCS(=O)(=O)O)c1ccc(O)c(O)c1. The smallest absolute Gasteiger partial charge is 0.266 e. The van der Waals surface area contributed by atoms with Gasteiger partial charge < -0.3 is 15.5 Å². The van der Waals surface area contributed by atoms with Crippen molar-refractivity contribution in [2.24, 2.45) is 0 Å². The molecule has 0 aliphatic rings. The number of carbonyl (C=O) groups is 1. The van der Waals surface area contributed by atoms with Gasteiger partial charge in [-0.25, -0.2) is 0 Å². The molecule has 0 aliphatic heterocycles. The van der Waals surface area contributed by atoms with Gasteiger partial charge in [0, 0.05) is 12.1 Å². The molecular weight excluding hydrogens is 250 g/mol. The summed E-state index contributed by atoms with van der Waals surface area (Å²) in [4.78, 5) is 11.4. The third-order valence-electron chi connectivity index (χ3n) is 1.88. The van der Waals surface area contributed by atoms with Gasteiger partial charge in [0.2, 0.25) is 0 Å². The average Bonchev–Trinajstić information content (AvgIpc) is 2.20. The van der Waals surface area contributed by atoms with Crippen LogP contribution in [0.3, 0.4) is 0 Å². The molecule has 0 fully saturated rings. The number of phenols is 2. The van der Waals surface area contributed by atoms with E-state index in [4.69, 9.17) is 14.8 Å². The van der Waals surface area contributed by atoms with Crippen LogP contribution >= 0.6 is 0 Å². The van der Waals surface area contributed by atoms with Gasteiger partial charge in [-0.05, 0) is 18.2 Å². The Kier molecular flexibility index (Phi) is 3.92. The molecule has 0 saturated carbocycles. The number of phenolic OH excluding ortho intramolecular Hbond substituents is 2. The Morgan fingerprint density at radius 3 is 2.41 bits per heavy atom. The maximum absolute atomic E-state index is 11.4. The number of hydrogen-bond donors (Lipinski definition) is 4. The minimum atomic E-state index is -4.12. The van der Waals surface area contributed by atoms with Gasteiger partial charge in [-0.1, -0.05) is 0 Å². The lowest BCUT2D eigenvalue weighted by molar-refractivity contribution is 0.0955. The molecule has 1 amide bonds. The highest BCUT2D eigenvalue weighted by Gasteiger charge is 2.10. The van der Waals surface area contributed by atoms with Gasteiger partial charge in [0.15, 0.2) is 11.5 Å². The van der Waals surface area contributed by atoms with E-state index in [1.165, 1.54) is 6.07 Å². The summed E-state index contributed by atoms with van der Waals surface area (Å²) in [5.41, 5.74) is 0.0654. The Hall–Kier alpha value is -1.80. The van der Waals surface area contributed by atoms with Crippen LogP contribution in [0.4, 0.5) is 0 Å². The maximum atomic E-state index is 11.4. The molecule has 1 aromatic carbocycles. The van der Waals surface area contributed by atoms with Crippen LogP contribution in [0.5, 0.6) is 11.5 Å². The van der Waals surface area contributed by atoms with Crippen molar-refractivity contribution in [2.45, 2.75) is 0 Å². The molecular formula is C9H11NO6S. The lowest BCUT2D eigenvalue weighted by Gasteiger charge is -2.05. The minimum absolute atomic E-state index is 0.0654. The predicted molar refractivity (Wildman–Crippen MR) is 58.5 cm³/mol. The minimum Gasteiger partial charge on any atom is -0.504 e. The van der Waals surface area contributed by atoms with E-state index in [9.17, 15) is 13.2 Å². The number of benzene rings is 1. The summed E-state index contributed by atoms with van der Waals surface area (Å²) in [7, 11) is -4.12. The Morgan fingerprint density at radius 1 is 1.24 bits per heavy atom. The first-order chi connectivity index (χ1) is 7.79. The summed E-state index contributed by atoms with van der Waals surface area (Å²) in [6, 6.07) is 3.43. The molecule has 0 aliphatic carbocycles. The van der Waals surface area contributed by atoms with Crippen molar-refractivity contribution in [3.8, 4) is 11.5 Å². The lowest BCUT2D eigenvalue weighted by atomic mass is 10.2. The number of carbonyl (C=O) groups excluding carboxylic acids is 1. The standard InChI is InChI=1S/C9H11NO6S/c11-7-2-1-6(5-8(7)12)9(13)10-3-4-17(14,15)16/h1-2,5,11-12H,3-4H2,(H,10,13)(H,14,15,16). The predicted octanol–water partition coefficient (Wildman–Crippen LogP) is -0.285. The van der Waals surface area contributed by atoms with E-state index in [1.54, 1.807) is 0 Å². The number of hydrogen-bond acceptors (Lipinski definition) is 5. The monoisotopic (exact) mass is 261 g/mol. The van der Waals surface area contributed by atoms with Crippen LogP contribution in [0, 0.1) is 0 Å². The molecule has 0 spiro atoms. The van der Waals surface area contributed by atoms with E-state index in [2.05, 4.69) is 5.32 Å². The van der Waals surface area contributed by atoms with Gasteiger partial charge in [0.1, 0.15) is 0 Å². The molecule has 0 bridgehead atoms. The van der Waals surface area contributed by atoms with Crippen molar-refractivity contribution < 1.29 is 28.0 Å². The third kappa shape index (κ3) is 4.29. The summed E-state index contributed by atoms with van der Waals surface area (Å²) in [5.74, 6) is -2.03. The molecule has 0 unspecified atom stereocenters. The number of nitrogens with one attached hydrogen (secondary N) is 1. The largest absolute Gasteiger partial charge is 0.504 e. The quantitative estimate of drug-likeness (QED) is 0.436. The Bertz CT molecular complexity index is 524. The lowest BCUT2D eigenvalue weighted by Crippen LogP contribution is -2.28. The molecule has 17 heavy (non-hydrogen) atoms. The normalized spacial score (nSPS) is 11.1. The molecule has 4 N–H and O–H groups in total. The summed E-state index contributed by atoms with van der Waals surface area (Å²) in [6.45, 7) is -0.251. The van der Waals surface area contributed by atoms with Crippen molar-refractivity contribution >= 4 is 16.0 Å². The highest BCUT2D eigenvalue weighted by molar-refractivity contribution is 7.85. The van der Waals surface area contributed by atoms with E-state index in [1.807, 2.05) is 0 Å². The third-order valence-corrected chi connectivity index (χ3v) is 2.60. The number of rotatable bonds is 4. The molecule has 94 valence electrons. The Morgan fingerprint density at radius 2 is 1.88 bits per heavy atom. The van der Waals surface area contributed by atoms with E-state index in [-0.39, 0.29) is 17.9 Å². The average molecular weight is 261 g/mol. The highest BCUT2D eigenvalue weighted by atomic mass is 32.2. The van der Waals surface area contributed by atoms with E-state index in [0.717, 1.165) is 12.1 Å². The molecule has 0 radical (unpaired) electrons. The van der Waals surface area contributed by atoms with Crippen molar-refractivity contribution in [1.82, 2.24) is 5.32 Å². The number of amides is 1. The fourth-order valence-corrected chi connectivity index (χ4v) is 1.42. The van der Waals surface area contributed by atoms with Crippen LogP contribution in [0.1, 0.15) is 10.4 Å². The fourth-order valence-electron chi connectivity index (χ4n) is 1.06. The van der Waals surface area contributed by atoms with Crippen LogP contribution in [0.2, 0.25) is 0 Å². The van der Waals surface area contributed by atoms with E-state index < -0.39 is 27.5 Å². The van der Waals surface area contributed by atoms with Crippen molar-refractivity contribution in [3.63, 3.8) is 0 Å². The molecule has 0 atom stereocenters. The van der Waals surface area contributed by atoms with Crippen LogP contribution in [0.25, 0.3) is 0 Å². The van der Waals surface area contributed by atoms with Gasteiger partial charge in [0.25, 0.3) is 16.0 Å². The van der Waals surface area contributed by atoms with Gasteiger partial charge in [-0.3, -0.25) is 9.35 Å². The van der Waals surface area contributed by atoms with Crippen LogP contribution < -0.4 is 5.32 Å². The van der Waals surface area contributed by atoms with Gasteiger partial charge in [0.05, 0.1) is 5.75 Å². The van der Waals surface area contributed by atoms with Crippen LogP contribution in [-0.2, 0) is 10.1 Å². The highest BCUT2D eigenvalue weighted by Crippen LogP contribution is 2.24. The zero-order chi connectivity index (χ0) is 13.1. The number of aromatic hydroxyl groups is 2. The van der Waals surface area contributed by atoms with Crippen molar-refractivity contribution in [2.75, 3.05) is 12.3 Å². The van der Waals surface area contributed by atoms with E-state index >= 15 is 0 Å². The van der Waals surface area contributed by atoms with Gasteiger partial charge in [-0.15, -0.1) is 0 Å². The Balaban J connectivity index is 2.61. The molecule has 8 heteroatoms. The topological polar surface area (TPSA) is 124 Å². The molecule has 1 rings (SSSR count). The summed E-state index contributed by atoms with van der Waals surface area (Å²) >= 11 is 0. The summed E-state index contributed by atoms with van der Waals surface area (Å²) in [5, 5.41) is 20.4. The second-order valence-corrected chi connectivity index (χ2v) is 4.82. The first-order valence-corrected chi connectivity index (χ1v) is 6.16. The zero-order valence-electron chi connectivity index (χ0n) is 8.62. The van der Waals surface area contributed by atoms with Crippen LogP contribution in [0.15, 0.2) is 18.2 Å².